The summed E-state index contributed by atoms with van der Waals surface area (Å²) in [5, 5.41) is 11.1. The van der Waals surface area contributed by atoms with E-state index in [1.54, 1.807) is 30.3 Å². The maximum absolute atomic E-state index is 11.3. The molecular formula is C17H16N2O2. The molecule has 0 heterocycles. The Labute approximate surface area is 124 Å². The smallest absolute Gasteiger partial charge is 0.238 e. The number of carbonyl (C=O) groups excluding carboxylic acids is 1. The molecule has 1 amide bonds. The molecule has 2 rings (SSSR count). The molecule has 0 saturated heterocycles. The Bertz CT molecular complexity index is 640. The van der Waals surface area contributed by atoms with Gasteiger partial charge in [-0.1, -0.05) is 29.8 Å². The number of nitrogens with zero attached hydrogens (tertiary/aromatic N) is 1. The molecule has 106 valence electrons. The molecule has 4 heteroatoms. The maximum Gasteiger partial charge on any atom is 0.238 e. The molecule has 0 aliphatic carbocycles. The average Bonchev–Trinajstić information content (AvgIpc) is 2.48. The summed E-state index contributed by atoms with van der Waals surface area (Å²) in [4.78, 5) is 11.3. The van der Waals surface area contributed by atoms with Crippen molar-refractivity contribution in [1.82, 2.24) is 0 Å². The van der Waals surface area contributed by atoms with E-state index in [0.717, 1.165) is 11.3 Å². The van der Waals surface area contributed by atoms with Crippen LogP contribution in [0.3, 0.4) is 0 Å². The Kier molecular flexibility index (Phi) is 4.94. The predicted octanol–water partition coefficient (Wildman–Crippen LogP) is 3.43. The number of hydrogen-bond acceptors (Lipinski definition) is 3. The van der Waals surface area contributed by atoms with E-state index >= 15 is 0 Å². The van der Waals surface area contributed by atoms with Crippen LogP contribution in [0.1, 0.15) is 17.5 Å². The van der Waals surface area contributed by atoms with Gasteiger partial charge in [0, 0.05) is 5.69 Å². The Morgan fingerprint density at radius 2 is 1.81 bits per heavy atom. The molecule has 0 atom stereocenters. The number of ether oxygens (including phenoxy) is 1. The standard InChI is InChI=1S/C17H16N2O2/c1-13-2-4-14(5-3-13)12-21-16-8-6-15(7-9-16)19-17(20)10-11-18/h2-9H,10,12H2,1H3,(H,19,20). The van der Waals surface area contributed by atoms with Crippen LogP contribution in [-0.4, -0.2) is 5.91 Å². The Morgan fingerprint density at radius 3 is 2.43 bits per heavy atom. The van der Waals surface area contributed by atoms with Gasteiger partial charge < -0.3 is 10.1 Å². The van der Waals surface area contributed by atoms with Crippen molar-refractivity contribution in [2.45, 2.75) is 20.0 Å². The monoisotopic (exact) mass is 280 g/mol. The summed E-state index contributed by atoms with van der Waals surface area (Å²) >= 11 is 0. The second-order valence-electron chi connectivity index (χ2n) is 4.68. The lowest BCUT2D eigenvalue weighted by atomic mass is 10.2. The van der Waals surface area contributed by atoms with E-state index in [1.807, 2.05) is 31.2 Å². The fourth-order valence-corrected chi connectivity index (χ4v) is 1.76. The van der Waals surface area contributed by atoms with Crippen molar-refractivity contribution in [1.29, 1.82) is 5.26 Å². The minimum absolute atomic E-state index is 0.147. The molecule has 0 fully saturated rings. The highest BCUT2D eigenvalue weighted by Gasteiger charge is 2.01. The molecule has 0 unspecified atom stereocenters. The maximum atomic E-state index is 11.3. The summed E-state index contributed by atoms with van der Waals surface area (Å²) in [5.41, 5.74) is 2.97. The first-order valence-electron chi connectivity index (χ1n) is 6.62. The lowest BCUT2D eigenvalue weighted by Gasteiger charge is -2.08. The van der Waals surface area contributed by atoms with Crippen molar-refractivity contribution in [3.63, 3.8) is 0 Å². The third-order valence-electron chi connectivity index (χ3n) is 2.90. The molecule has 1 N–H and O–H groups in total. The summed E-state index contributed by atoms with van der Waals surface area (Å²) < 4.78 is 5.67. The van der Waals surface area contributed by atoms with Gasteiger partial charge in [0.2, 0.25) is 5.91 Å². The molecule has 2 aromatic carbocycles. The van der Waals surface area contributed by atoms with Gasteiger partial charge in [-0.25, -0.2) is 0 Å². The van der Waals surface area contributed by atoms with Crippen molar-refractivity contribution in [2.75, 3.05) is 5.32 Å². The van der Waals surface area contributed by atoms with E-state index in [2.05, 4.69) is 5.32 Å². The van der Waals surface area contributed by atoms with Crippen LogP contribution in [0.5, 0.6) is 5.75 Å². The summed E-state index contributed by atoms with van der Waals surface area (Å²) in [6.07, 6.45) is -0.147. The Hall–Kier alpha value is -2.80. The van der Waals surface area contributed by atoms with Crippen LogP contribution in [0.2, 0.25) is 0 Å². The normalized spacial score (nSPS) is 9.71. The van der Waals surface area contributed by atoms with E-state index in [0.29, 0.717) is 12.3 Å². The lowest BCUT2D eigenvalue weighted by molar-refractivity contribution is -0.115. The zero-order chi connectivity index (χ0) is 15.1. The van der Waals surface area contributed by atoms with Gasteiger partial charge in [0.15, 0.2) is 0 Å². The molecule has 0 saturated carbocycles. The molecular weight excluding hydrogens is 264 g/mol. The first-order chi connectivity index (χ1) is 10.2. The number of amides is 1. The fourth-order valence-electron chi connectivity index (χ4n) is 1.76. The Morgan fingerprint density at radius 1 is 1.14 bits per heavy atom. The number of anilines is 1. The number of nitrogens with one attached hydrogen (secondary N) is 1. The molecule has 21 heavy (non-hydrogen) atoms. The van der Waals surface area contributed by atoms with Gasteiger partial charge >= 0.3 is 0 Å². The first kappa shape index (κ1) is 14.6. The van der Waals surface area contributed by atoms with Crippen LogP contribution in [-0.2, 0) is 11.4 Å². The number of rotatable bonds is 5. The molecule has 4 nitrogen and oxygen atoms in total. The van der Waals surface area contributed by atoms with E-state index in [-0.39, 0.29) is 12.3 Å². The largest absolute Gasteiger partial charge is 0.489 e. The number of nitriles is 1. The second-order valence-corrected chi connectivity index (χ2v) is 4.68. The number of hydrogen-bond donors (Lipinski definition) is 1. The van der Waals surface area contributed by atoms with Gasteiger partial charge in [0.1, 0.15) is 18.8 Å². The lowest BCUT2D eigenvalue weighted by Crippen LogP contribution is -2.09. The van der Waals surface area contributed by atoms with Crippen molar-refractivity contribution in [3.8, 4) is 11.8 Å². The van der Waals surface area contributed by atoms with Crippen molar-refractivity contribution < 1.29 is 9.53 Å². The number of aryl methyl sites for hydroxylation is 1. The van der Waals surface area contributed by atoms with Crippen LogP contribution >= 0.6 is 0 Å². The third-order valence-corrected chi connectivity index (χ3v) is 2.90. The minimum Gasteiger partial charge on any atom is -0.489 e. The molecule has 2 aromatic rings. The summed E-state index contributed by atoms with van der Waals surface area (Å²) in [6, 6.07) is 17.0. The number of benzene rings is 2. The molecule has 0 radical (unpaired) electrons. The fraction of sp³-hybridized carbons (Fsp3) is 0.176. The second kappa shape index (κ2) is 7.11. The Balaban J connectivity index is 1.89. The number of carbonyl (C=O) groups is 1. The minimum atomic E-state index is -0.314. The first-order valence-corrected chi connectivity index (χ1v) is 6.62. The zero-order valence-electron chi connectivity index (χ0n) is 11.8. The van der Waals surface area contributed by atoms with Crippen molar-refractivity contribution >= 4 is 11.6 Å². The van der Waals surface area contributed by atoms with Crippen LogP contribution < -0.4 is 10.1 Å². The van der Waals surface area contributed by atoms with Crippen molar-refractivity contribution in [2.24, 2.45) is 0 Å². The van der Waals surface area contributed by atoms with Crippen LogP contribution in [0.15, 0.2) is 48.5 Å². The van der Waals surface area contributed by atoms with Crippen LogP contribution in [0.4, 0.5) is 5.69 Å². The highest BCUT2D eigenvalue weighted by Crippen LogP contribution is 2.17. The highest BCUT2D eigenvalue weighted by molar-refractivity contribution is 5.92. The topological polar surface area (TPSA) is 62.1 Å². The SMILES string of the molecule is Cc1ccc(COc2ccc(NC(=O)CC#N)cc2)cc1. The van der Waals surface area contributed by atoms with Gasteiger partial charge in [0.05, 0.1) is 6.07 Å². The van der Waals surface area contributed by atoms with Crippen molar-refractivity contribution in [3.05, 3.63) is 59.7 Å². The molecule has 0 aliphatic heterocycles. The highest BCUT2D eigenvalue weighted by atomic mass is 16.5. The summed E-state index contributed by atoms with van der Waals surface area (Å²) in [7, 11) is 0. The summed E-state index contributed by atoms with van der Waals surface area (Å²) in [6.45, 7) is 2.55. The predicted molar refractivity (Wildman–Crippen MR) is 80.8 cm³/mol. The van der Waals surface area contributed by atoms with Gasteiger partial charge in [-0.15, -0.1) is 0 Å². The van der Waals surface area contributed by atoms with E-state index in [1.165, 1.54) is 5.56 Å². The van der Waals surface area contributed by atoms with E-state index in [4.69, 9.17) is 10.00 Å². The van der Waals surface area contributed by atoms with Crippen LogP contribution in [0, 0.1) is 18.3 Å². The zero-order valence-corrected chi connectivity index (χ0v) is 11.8. The van der Waals surface area contributed by atoms with E-state index in [9.17, 15) is 4.79 Å². The third kappa shape index (κ3) is 4.66. The van der Waals surface area contributed by atoms with E-state index < -0.39 is 0 Å². The summed E-state index contributed by atoms with van der Waals surface area (Å²) in [5.74, 6) is 0.416. The van der Waals surface area contributed by atoms with Crippen LogP contribution in [0.25, 0.3) is 0 Å². The molecule has 0 spiro atoms. The van der Waals surface area contributed by atoms with Gasteiger partial charge in [0.25, 0.3) is 0 Å². The molecule has 0 bridgehead atoms. The van der Waals surface area contributed by atoms with Gasteiger partial charge in [-0.3, -0.25) is 4.79 Å². The quantitative estimate of drug-likeness (QED) is 0.912. The van der Waals surface area contributed by atoms with Gasteiger partial charge in [-0.2, -0.15) is 5.26 Å². The molecule has 0 aromatic heterocycles. The van der Waals surface area contributed by atoms with Gasteiger partial charge in [-0.05, 0) is 36.8 Å². The average molecular weight is 280 g/mol. The molecule has 0 aliphatic rings.